The molecule has 0 radical (unpaired) electrons. The molecule has 0 unspecified atom stereocenters. The Labute approximate surface area is 172 Å². The van der Waals surface area contributed by atoms with Crippen molar-refractivity contribution in [2.75, 3.05) is 26.7 Å². The molecular formula is C23H29N5O. The molecule has 1 saturated carbocycles. The average molecular weight is 392 g/mol. The van der Waals surface area contributed by atoms with Crippen LogP contribution in [0.5, 0.6) is 0 Å². The van der Waals surface area contributed by atoms with Crippen molar-refractivity contribution in [2.24, 2.45) is 17.5 Å². The van der Waals surface area contributed by atoms with Gasteiger partial charge in [0.15, 0.2) is 0 Å². The van der Waals surface area contributed by atoms with E-state index in [2.05, 4.69) is 45.6 Å². The summed E-state index contributed by atoms with van der Waals surface area (Å²) in [4.78, 5) is 20.1. The van der Waals surface area contributed by atoms with Gasteiger partial charge >= 0.3 is 0 Å². The predicted octanol–water partition coefficient (Wildman–Crippen LogP) is 2.42. The highest BCUT2D eigenvalue weighted by atomic mass is 16.2. The van der Waals surface area contributed by atoms with Crippen molar-refractivity contribution in [2.45, 2.75) is 38.1 Å². The molecule has 1 amide bonds. The normalized spacial score (nSPS) is 21.4. The van der Waals surface area contributed by atoms with Crippen LogP contribution in [-0.2, 0) is 18.3 Å². The van der Waals surface area contributed by atoms with Crippen LogP contribution in [0.1, 0.15) is 36.8 Å². The zero-order valence-electron chi connectivity index (χ0n) is 17.3. The molecule has 3 aliphatic rings. The third-order valence-electron chi connectivity index (χ3n) is 6.86. The van der Waals surface area contributed by atoms with E-state index >= 15 is 0 Å². The lowest BCUT2D eigenvalue weighted by Crippen LogP contribution is -2.57. The van der Waals surface area contributed by atoms with Crippen LogP contribution in [-0.4, -0.2) is 59.0 Å². The van der Waals surface area contributed by atoms with Crippen LogP contribution >= 0.6 is 0 Å². The Balaban J connectivity index is 1.30. The number of hydrogen-bond acceptors (Lipinski definition) is 4. The minimum Gasteiger partial charge on any atom is -0.348 e. The number of amides is 1. The van der Waals surface area contributed by atoms with Crippen molar-refractivity contribution in [3.63, 3.8) is 0 Å². The van der Waals surface area contributed by atoms with Gasteiger partial charge in [-0.15, -0.1) is 0 Å². The van der Waals surface area contributed by atoms with Crippen molar-refractivity contribution in [3.05, 3.63) is 41.7 Å². The maximum Gasteiger partial charge on any atom is 0.270 e. The molecule has 152 valence electrons. The minimum atomic E-state index is -0.0130. The highest BCUT2D eigenvalue weighted by molar-refractivity contribution is 6.46. The van der Waals surface area contributed by atoms with E-state index in [1.165, 1.54) is 31.5 Å². The Morgan fingerprint density at radius 3 is 2.66 bits per heavy atom. The van der Waals surface area contributed by atoms with Gasteiger partial charge in [-0.3, -0.25) is 14.5 Å². The smallest absolute Gasteiger partial charge is 0.270 e. The second-order valence-corrected chi connectivity index (χ2v) is 9.17. The van der Waals surface area contributed by atoms with E-state index in [0.29, 0.717) is 17.7 Å². The number of carbonyl (C=O) groups excluding carboxylic acids is 1. The predicted molar refractivity (Wildman–Crippen MR) is 114 cm³/mol. The molecule has 1 aliphatic carbocycles. The SMILES string of the molecule is CN1CC2(CCC(NC(=O)C3=NCCc4ccc(-c5cnn(C)c5)cc43)CC2)C1. The van der Waals surface area contributed by atoms with Gasteiger partial charge < -0.3 is 10.2 Å². The quantitative estimate of drug-likeness (QED) is 0.874. The number of aromatic nitrogens is 2. The van der Waals surface area contributed by atoms with E-state index in [1.807, 2.05) is 19.4 Å². The zero-order valence-corrected chi connectivity index (χ0v) is 17.3. The maximum absolute atomic E-state index is 13.1. The Hall–Kier alpha value is -2.47. The van der Waals surface area contributed by atoms with E-state index in [0.717, 1.165) is 36.0 Å². The number of benzene rings is 1. The summed E-state index contributed by atoms with van der Waals surface area (Å²) in [5.41, 5.74) is 5.43. The molecule has 0 bridgehead atoms. The van der Waals surface area contributed by atoms with Gasteiger partial charge in [-0.05, 0) is 61.8 Å². The standard InChI is InChI=1S/C23H29N5O/c1-27-14-23(15-27)8-5-19(6-9-23)26-22(29)21-20-11-17(18-12-25-28(2)13-18)4-3-16(20)7-10-24-21/h3-4,11-13,19H,5-10,14-15H2,1-2H3,(H,26,29). The van der Waals surface area contributed by atoms with E-state index in [4.69, 9.17) is 0 Å². The summed E-state index contributed by atoms with van der Waals surface area (Å²) >= 11 is 0. The lowest BCUT2D eigenvalue weighted by atomic mass is 9.67. The highest BCUT2D eigenvalue weighted by Gasteiger charge is 2.43. The molecule has 1 aromatic heterocycles. The Bertz CT molecular complexity index is 959. The lowest BCUT2D eigenvalue weighted by molar-refractivity contribution is -0.116. The molecule has 0 atom stereocenters. The monoisotopic (exact) mass is 391 g/mol. The van der Waals surface area contributed by atoms with Gasteiger partial charge in [0.1, 0.15) is 5.71 Å². The number of rotatable bonds is 3. The summed E-state index contributed by atoms with van der Waals surface area (Å²) in [5.74, 6) is -0.0130. The molecule has 6 nitrogen and oxygen atoms in total. The van der Waals surface area contributed by atoms with Gasteiger partial charge in [0.05, 0.1) is 6.20 Å². The van der Waals surface area contributed by atoms with Crippen LogP contribution in [0.15, 0.2) is 35.6 Å². The molecule has 1 saturated heterocycles. The first kappa shape index (κ1) is 18.6. The summed E-state index contributed by atoms with van der Waals surface area (Å²) < 4.78 is 1.80. The largest absolute Gasteiger partial charge is 0.348 e. The van der Waals surface area contributed by atoms with Crippen LogP contribution in [0.25, 0.3) is 11.1 Å². The molecule has 1 spiro atoms. The van der Waals surface area contributed by atoms with Crippen molar-refractivity contribution >= 4 is 11.6 Å². The Kier molecular flexibility index (Phi) is 4.54. The number of likely N-dealkylation sites (tertiary alicyclic amines) is 1. The number of aryl methyl sites for hydroxylation is 1. The number of aliphatic imine (C=N–C) groups is 1. The van der Waals surface area contributed by atoms with Crippen molar-refractivity contribution < 1.29 is 4.79 Å². The van der Waals surface area contributed by atoms with Crippen LogP contribution in [0, 0.1) is 5.41 Å². The lowest BCUT2D eigenvalue weighted by Gasteiger charge is -2.52. The Morgan fingerprint density at radius 1 is 1.17 bits per heavy atom. The van der Waals surface area contributed by atoms with Crippen molar-refractivity contribution in [1.29, 1.82) is 0 Å². The summed E-state index contributed by atoms with van der Waals surface area (Å²) in [6.45, 7) is 3.11. The van der Waals surface area contributed by atoms with Crippen LogP contribution in [0.3, 0.4) is 0 Å². The first-order valence-electron chi connectivity index (χ1n) is 10.7. The maximum atomic E-state index is 13.1. The highest BCUT2D eigenvalue weighted by Crippen LogP contribution is 2.43. The van der Waals surface area contributed by atoms with Crippen molar-refractivity contribution in [3.8, 4) is 11.1 Å². The minimum absolute atomic E-state index is 0.0130. The number of carbonyl (C=O) groups is 1. The first-order chi connectivity index (χ1) is 14.0. The van der Waals surface area contributed by atoms with Crippen LogP contribution in [0.4, 0.5) is 0 Å². The van der Waals surface area contributed by atoms with Gasteiger partial charge in [-0.1, -0.05) is 12.1 Å². The third kappa shape index (κ3) is 3.50. The summed E-state index contributed by atoms with van der Waals surface area (Å²) in [6.07, 6.45) is 9.34. The molecule has 29 heavy (non-hydrogen) atoms. The number of nitrogens with one attached hydrogen (secondary N) is 1. The number of nitrogens with zero attached hydrogens (tertiary/aromatic N) is 4. The van der Waals surface area contributed by atoms with E-state index in [1.54, 1.807) is 4.68 Å². The Morgan fingerprint density at radius 2 is 1.97 bits per heavy atom. The van der Waals surface area contributed by atoms with Gasteiger partial charge in [-0.25, -0.2) is 0 Å². The molecule has 2 aromatic rings. The molecule has 3 heterocycles. The fourth-order valence-corrected chi connectivity index (χ4v) is 5.38. The summed E-state index contributed by atoms with van der Waals surface area (Å²) in [6, 6.07) is 6.63. The molecule has 1 N–H and O–H groups in total. The third-order valence-corrected chi connectivity index (χ3v) is 6.86. The van der Waals surface area contributed by atoms with Crippen molar-refractivity contribution in [1.82, 2.24) is 20.0 Å². The van der Waals surface area contributed by atoms with Crippen LogP contribution < -0.4 is 5.32 Å². The second-order valence-electron chi connectivity index (χ2n) is 9.17. The van der Waals surface area contributed by atoms with E-state index in [9.17, 15) is 4.79 Å². The number of fused-ring (bicyclic) bond motifs is 1. The summed E-state index contributed by atoms with van der Waals surface area (Å²) in [7, 11) is 4.11. The first-order valence-corrected chi connectivity index (χ1v) is 10.7. The molecule has 5 rings (SSSR count). The molecule has 2 fully saturated rings. The average Bonchev–Trinajstić information content (AvgIpc) is 3.14. The molecule has 6 heteroatoms. The second kappa shape index (κ2) is 7.10. The molecule has 2 aliphatic heterocycles. The fourth-order valence-electron chi connectivity index (χ4n) is 5.38. The molecular weight excluding hydrogens is 362 g/mol. The van der Waals surface area contributed by atoms with Gasteiger partial charge in [0.25, 0.3) is 5.91 Å². The van der Waals surface area contributed by atoms with Gasteiger partial charge in [0, 0.05) is 50.0 Å². The van der Waals surface area contributed by atoms with Gasteiger partial charge in [-0.2, -0.15) is 5.10 Å². The zero-order chi connectivity index (χ0) is 20.0. The van der Waals surface area contributed by atoms with Crippen LogP contribution in [0.2, 0.25) is 0 Å². The number of hydrogen-bond donors (Lipinski definition) is 1. The molecule has 1 aromatic carbocycles. The van der Waals surface area contributed by atoms with E-state index in [-0.39, 0.29) is 11.9 Å². The summed E-state index contributed by atoms with van der Waals surface area (Å²) in [5, 5.41) is 7.56. The van der Waals surface area contributed by atoms with E-state index < -0.39 is 0 Å². The topological polar surface area (TPSA) is 62.5 Å². The fraction of sp³-hybridized carbons (Fsp3) is 0.522. The van der Waals surface area contributed by atoms with Gasteiger partial charge in [0.2, 0.25) is 0 Å².